The summed E-state index contributed by atoms with van der Waals surface area (Å²) in [5.74, 6) is 0.257. The summed E-state index contributed by atoms with van der Waals surface area (Å²) in [7, 11) is 1.41. The van der Waals surface area contributed by atoms with Crippen molar-refractivity contribution >= 4 is 34.9 Å². The second-order valence-corrected chi connectivity index (χ2v) is 7.06. The summed E-state index contributed by atoms with van der Waals surface area (Å²) >= 11 is 6.20. The van der Waals surface area contributed by atoms with Crippen molar-refractivity contribution in [3.8, 4) is 11.5 Å². The molecule has 2 aromatic rings. The Morgan fingerprint density at radius 1 is 1.24 bits per heavy atom. The number of aromatic nitrogens is 1. The molecule has 0 unspecified atom stereocenters. The molecule has 1 aromatic heterocycles. The number of hydrogen-bond acceptors (Lipinski definition) is 6. The van der Waals surface area contributed by atoms with Gasteiger partial charge in [0, 0.05) is 18.7 Å². The molecule has 1 aromatic carbocycles. The molecule has 1 aliphatic rings. The number of halogens is 1. The molecule has 9 heteroatoms. The zero-order chi connectivity index (χ0) is 20.8. The second kappa shape index (κ2) is 9.47. The van der Waals surface area contributed by atoms with Crippen molar-refractivity contribution in [2.24, 2.45) is 5.73 Å². The number of nitrogens with zero attached hydrogens (tertiary/aromatic N) is 2. The number of nitrogens with one attached hydrogen (secondary N) is 1. The highest BCUT2D eigenvalue weighted by Gasteiger charge is 2.17. The van der Waals surface area contributed by atoms with Crippen LogP contribution in [0.15, 0.2) is 30.5 Å². The molecule has 1 aliphatic heterocycles. The lowest BCUT2D eigenvalue weighted by Gasteiger charge is -2.27. The second-order valence-electron chi connectivity index (χ2n) is 6.65. The molecule has 154 valence electrons. The Morgan fingerprint density at radius 3 is 2.62 bits per heavy atom. The highest BCUT2D eigenvalue weighted by molar-refractivity contribution is 6.32. The topological polar surface area (TPSA) is 107 Å². The van der Waals surface area contributed by atoms with Gasteiger partial charge in [0.05, 0.1) is 24.0 Å². The van der Waals surface area contributed by atoms with Crippen LogP contribution in [0.25, 0.3) is 0 Å². The molecule has 1 fully saturated rings. The van der Waals surface area contributed by atoms with E-state index in [1.54, 1.807) is 6.20 Å². The molecule has 0 radical (unpaired) electrons. The van der Waals surface area contributed by atoms with E-state index in [1.165, 1.54) is 38.5 Å². The highest BCUT2D eigenvalue weighted by Crippen LogP contribution is 2.36. The van der Waals surface area contributed by atoms with Crippen LogP contribution in [0.5, 0.6) is 11.5 Å². The lowest BCUT2D eigenvalue weighted by Crippen LogP contribution is -2.30. The van der Waals surface area contributed by atoms with E-state index in [9.17, 15) is 9.59 Å². The van der Waals surface area contributed by atoms with Crippen LogP contribution >= 0.6 is 11.6 Å². The number of ether oxygens (including phenoxy) is 2. The zero-order valence-corrected chi connectivity index (χ0v) is 16.9. The van der Waals surface area contributed by atoms with Crippen molar-refractivity contribution in [3.63, 3.8) is 0 Å². The van der Waals surface area contributed by atoms with Gasteiger partial charge in [0.2, 0.25) is 0 Å². The molecule has 3 N–H and O–H groups in total. The molecule has 3 rings (SSSR count). The van der Waals surface area contributed by atoms with Gasteiger partial charge in [0.15, 0.2) is 18.1 Å². The van der Waals surface area contributed by atoms with Crippen molar-refractivity contribution in [1.82, 2.24) is 4.98 Å². The molecule has 0 spiro atoms. The standard InChI is InChI=1S/C20H23ClN4O4/c1-28-16-10-13(9-15(21)19(16)29-12-17(22)26)20(27)24-14-5-6-18(23-11-14)25-7-3-2-4-8-25/h5-6,9-11H,2-4,7-8,12H2,1H3,(H2,22,26)(H,24,27). The smallest absolute Gasteiger partial charge is 0.255 e. The van der Waals surface area contributed by atoms with Crippen LogP contribution in [0.4, 0.5) is 11.5 Å². The van der Waals surface area contributed by atoms with Gasteiger partial charge in [-0.1, -0.05) is 11.6 Å². The molecule has 29 heavy (non-hydrogen) atoms. The molecule has 2 amide bonds. The van der Waals surface area contributed by atoms with E-state index in [0.717, 1.165) is 18.9 Å². The third-order valence-electron chi connectivity index (χ3n) is 4.54. The van der Waals surface area contributed by atoms with Gasteiger partial charge in [-0.05, 0) is 43.5 Å². The SMILES string of the molecule is COc1cc(C(=O)Nc2ccc(N3CCCCC3)nc2)cc(Cl)c1OCC(N)=O. The number of piperidine rings is 1. The number of anilines is 2. The number of nitrogens with two attached hydrogens (primary N) is 1. The lowest BCUT2D eigenvalue weighted by atomic mass is 10.1. The Hall–Kier alpha value is -3.00. The van der Waals surface area contributed by atoms with Crippen molar-refractivity contribution in [2.45, 2.75) is 19.3 Å². The monoisotopic (exact) mass is 418 g/mol. The van der Waals surface area contributed by atoms with E-state index in [0.29, 0.717) is 5.69 Å². The molecule has 0 aliphatic carbocycles. The predicted octanol–water partition coefficient (Wildman–Crippen LogP) is 2.85. The lowest BCUT2D eigenvalue weighted by molar-refractivity contribution is -0.119. The third kappa shape index (κ3) is 5.29. The van der Waals surface area contributed by atoms with Crippen LogP contribution in [0.3, 0.4) is 0 Å². The van der Waals surface area contributed by atoms with E-state index < -0.39 is 5.91 Å². The van der Waals surface area contributed by atoms with Gasteiger partial charge in [0.1, 0.15) is 5.82 Å². The molecule has 8 nitrogen and oxygen atoms in total. The van der Waals surface area contributed by atoms with Crippen LogP contribution in [-0.2, 0) is 4.79 Å². The normalized spacial score (nSPS) is 13.7. The van der Waals surface area contributed by atoms with Crippen molar-refractivity contribution in [2.75, 3.05) is 37.0 Å². The average Bonchev–Trinajstić information content (AvgIpc) is 2.73. The van der Waals surface area contributed by atoms with Gasteiger partial charge in [0.25, 0.3) is 11.8 Å². The maximum atomic E-state index is 12.6. The summed E-state index contributed by atoms with van der Waals surface area (Å²) in [4.78, 5) is 30.2. The summed E-state index contributed by atoms with van der Waals surface area (Å²) in [6, 6.07) is 6.63. The minimum atomic E-state index is -0.648. The summed E-state index contributed by atoms with van der Waals surface area (Å²) in [5, 5.41) is 2.92. The maximum Gasteiger partial charge on any atom is 0.255 e. The van der Waals surface area contributed by atoms with Crippen molar-refractivity contribution in [3.05, 3.63) is 41.0 Å². The fourth-order valence-corrected chi connectivity index (χ4v) is 3.37. The Bertz CT molecular complexity index is 883. The number of methoxy groups -OCH3 is 1. The maximum absolute atomic E-state index is 12.6. The van der Waals surface area contributed by atoms with Crippen LogP contribution in [-0.4, -0.2) is 43.6 Å². The fraction of sp³-hybridized carbons (Fsp3) is 0.350. The quantitative estimate of drug-likeness (QED) is 0.716. The fourth-order valence-electron chi connectivity index (χ4n) is 3.11. The van der Waals surface area contributed by atoms with Crippen LogP contribution in [0.2, 0.25) is 5.02 Å². The van der Waals surface area contributed by atoms with Gasteiger partial charge in [-0.15, -0.1) is 0 Å². The highest BCUT2D eigenvalue weighted by atomic mass is 35.5. The number of amides is 2. The summed E-state index contributed by atoms with van der Waals surface area (Å²) < 4.78 is 10.5. The molecule has 1 saturated heterocycles. The van der Waals surface area contributed by atoms with E-state index in [4.69, 9.17) is 26.8 Å². The molecule has 0 saturated carbocycles. The van der Waals surface area contributed by atoms with Gasteiger partial charge < -0.3 is 25.4 Å². The van der Waals surface area contributed by atoms with Crippen LogP contribution in [0.1, 0.15) is 29.6 Å². The first kappa shape index (κ1) is 20.7. The predicted molar refractivity (Wildman–Crippen MR) is 111 cm³/mol. The van der Waals surface area contributed by atoms with Crippen molar-refractivity contribution in [1.29, 1.82) is 0 Å². The number of benzene rings is 1. The van der Waals surface area contributed by atoms with E-state index in [2.05, 4.69) is 15.2 Å². The molecule has 2 heterocycles. The summed E-state index contributed by atoms with van der Waals surface area (Å²) in [5.41, 5.74) is 5.93. The third-order valence-corrected chi connectivity index (χ3v) is 4.82. The number of pyridine rings is 1. The van der Waals surface area contributed by atoms with Gasteiger partial charge >= 0.3 is 0 Å². The summed E-state index contributed by atoms with van der Waals surface area (Å²) in [6.07, 6.45) is 5.22. The molecular weight excluding hydrogens is 396 g/mol. The minimum absolute atomic E-state index is 0.134. The number of rotatable bonds is 7. The molecular formula is C20H23ClN4O4. The Balaban J connectivity index is 1.71. The van der Waals surface area contributed by atoms with Crippen LogP contribution < -0.4 is 25.4 Å². The zero-order valence-electron chi connectivity index (χ0n) is 16.1. The number of carbonyl (C=O) groups excluding carboxylic acids is 2. The van der Waals surface area contributed by atoms with Gasteiger partial charge in [-0.2, -0.15) is 0 Å². The Morgan fingerprint density at radius 2 is 2.00 bits per heavy atom. The average molecular weight is 419 g/mol. The Labute approximate surface area is 173 Å². The molecule has 0 atom stereocenters. The van der Waals surface area contributed by atoms with E-state index in [-0.39, 0.29) is 34.6 Å². The first-order valence-corrected chi connectivity index (χ1v) is 9.66. The largest absolute Gasteiger partial charge is 0.493 e. The van der Waals surface area contributed by atoms with Gasteiger partial charge in [-0.3, -0.25) is 9.59 Å². The Kier molecular flexibility index (Phi) is 6.77. The minimum Gasteiger partial charge on any atom is -0.493 e. The first-order valence-electron chi connectivity index (χ1n) is 9.29. The first-order chi connectivity index (χ1) is 14.0. The van der Waals surface area contributed by atoms with E-state index >= 15 is 0 Å². The number of carbonyl (C=O) groups is 2. The van der Waals surface area contributed by atoms with Crippen molar-refractivity contribution < 1.29 is 19.1 Å². The van der Waals surface area contributed by atoms with Gasteiger partial charge in [-0.25, -0.2) is 4.98 Å². The van der Waals surface area contributed by atoms with Crippen LogP contribution in [0, 0.1) is 0 Å². The molecule has 0 bridgehead atoms. The number of primary amides is 1. The summed E-state index contributed by atoms with van der Waals surface area (Å²) in [6.45, 7) is 1.65. The van der Waals surface area contributed by atoms with E-state index in [1.807, 2.05) is 12.1 Å². The number of hydrogen-bond donors (Lipinski definition) is 2.